The van der Waals surface area contributed by atoms with Crippen molar-refractivity contribution in [3.05, 3.63) is 78.1 Å². The summed E-state index contributed by atoms with van der Waals surface area (Å²) in [5.74, 6) is -0.460. The number of benzene rings is 3. The highest BCUT2D eigenvalue weighted by molar-refractivity contribution is 6.02. The number of hydrogen-bond acceptors (Lipinski definition) is 6. The fourth-order valence-corrected chi connectivity index (χ4v) is 4.20. The van der Waals surface area contributed by atoms with Crippen molar-refractivity contribution in [2.24, 2.45) is 0 Å². The van der Waals surface area contributed by atoms with E-state index < -0.39 is 29.2 Å². The number of nitrogens with zero attached hydrogens (tertiary/aromatic N) is 4. The molecule has 0 fully saturated rings. The molecule has 0 saturated heterocycles. The molecule has 4 aromatic rings. The van der Waals surface area contributed by atoms with Gasteiger partial charge in [0, 0.05) is 17.3 Å². The van der Waals surface area contributed by atoms with Gasteiger partial charge in [-0.05, 0) is 62.2 Å². The van der Waals surface area contributed by atoms with Crippen LogP contribution in [0.4, 0.5) is 10.1 Å². The molecule has 0 aliphatic carbocycles. The Labute approximate surface area is 226 Å². The fraction of sp³-hybridized carbons (Fsp3) is 0.310. The van der Waals surface area contributed by atoms with Crippen molar-refractivity contribution in [1.82, 2.24) is 20.3 Å². The first kappa shape index (κ1) is 27.6. The number of ether oxygens (including phenoxy) is 2. The van der Waals surface area contributed by atoms with Gasteiger partial charge in [-0.15, -0.1) is 5.10 Å². The Morgan fingerprint density at radius 2 is 1.72 bits per heavy atom. The maximum absolute atomic E-state index is 14.1. The van der Waals surface area contributed by atoms with Crippen LogP contribution in [0.15, 0.2) is 66.7 Å². The summed E-state index contributed by atoms with van der Waals surface area (Å²) in [4.78, 5) is 29.4. The molecule has 1 heterocycles. The summed E-state index contributed by atoms with van der Waals surface area (Å²) < 4.78 is 26.3. The van der Waals surface area contributed by atoms with Crippen LogP contribution in [-0.2, 0) is 16.1 Å². The summed E-state index contributed by atoms with van der Waals surface area (Å²) >= 11 is 0. The lowest BCUT2D eigenvalue weighted by Crippen LogP contribution is -2.51. The summed E-state index contributed by atoms with van der Waals surface area (Å²) in [6.45, 7) is 5.56. The first-order chi connectivity index (χ1) is 18.7. The van der Waals surface area contributed by atoms with Gasteiger partial charge in [-0.25, -0.2) is 9.07 Å². The average Bonchev–Trinajstić information content (AvgIpc) is 3.34. The average molecular weight is 534 g/mol. The van der Waals surface area contributed by atoms with Gasteiger partial charge in [0.1, 0.15) is 23.9 Å². The molecule has 1 N–H and O–H groups in total. The highest BCUT2D eigenvalue weighted by atomic mass is 19.1. The Bertz CT molecular complexity index is 1470. The van der Waals surface area contributed by atoms with Gasteiger partial charge < -0.3 is 14.8 Å². The van der Waals surface area contributed by atoms with Gasteiger partial charge in [-0.3, -0.25) is 14.5 Å². The van der Waals surface area contributed by atoms with Crippen LogP contribution in [0.25, 0.3) is 11.0 Å². The van der Waals surface area contributed by atoms with Gasteiger partial charge in [-0.1, -0.05) is 36.4 Å². The number of anilines is 1. The van der Waals surface area contributed by atoms with Crippen molar-refractivity contribution in [2.75, 3.05) is 19.1 Å². The maximum Gasteiger partial charge on any atom is 0.249 e. The van der Waals surface area contributed by atoms with E-state index in [0.29, 0.717) is 40.2 Å². The molecule has 2 amide bonds. The van der Waals surface area contributed by atoms with Crippen molar-refractivity contribution in [2.45, 2.75) is 45.3 Å². The zero-order valence-electron chi connectivity index (χ0n) is 22.6. The molecule has 0 aliphatic heterocycles. The Morgan fingerprint density at radius 3 is 2.38 bits per heavy atom. The molecular weight excluding hydrogens is 501 g/mol. The maximum atomic E-state index is 14.1. The van der Waals surface area contributed by atoms with Crippen LogP contribution in [0.5, 0.6) is 11.5 Å². The molecular formula is C29H32FN5O4. The molecule has 3 aromatic carbocycles. The van der Waals surface area contributed by atoms with Gasteiger partial charge in [0.2, 0.25) is 11.8 Å². The van der Waals surface area contributed by atoms with Crippen LogP contribution >= 0.6 is 0 Å². The molecule has 0 radical (unpaired) electrons. The minimum Gasteiger partial charge on any atom is -0.493 e. The number of nitrogens with one attached hydrogen (secondary N) is 1. The summed E-state index contributed by atoms with van der Waals surface area (Å²) in [7, 11) is 3.00. The van der Waals surface area contributed by atoms with Gasteiger partial charge in [0.05, 0.1) is 19.7 Å². The second-order valence-corrected chi connectivity index (χ2v) is 9.72. The topological polar surface area (TPSA) is 98.6 Å². The van der Waals surface area contributed by atoms with Crippen LogP contribution in [0.2, 0.25) is 0 Å². The number of halogens is 1. The zero-order valence-corrected chi connectivity index (χ0v) is 22.6. The largest absolute Gasteiger partial charge is 0.493 e. The molecule has 204 valence electrons. The fourth-order valence-electron chi connectivity index (χ4n) is 4.20. The third-order valence-electron chi connectivity index (χ3n) is 6.66. The number of methoxy groups -OCH3 is 2. The van der Waals surface area contributed by atoms with Crippen LogP contribution in [0, 0.1) is 5.82 Å². The SMILES string of the molecule is CCC(C)(C)NC(=O)[C@@H](c1ccc(F)cc1)N(C(=O)Cn1nnc2ccccc21)c1ccc(OC)c(OC)c1. The Hall–Kier alpha value is -4.47. The second kappa shape index (κ2) is 11.5. The summed E-state index contributed by atoms with van der Waals surface area (Å²) in [6.07, 6.45) is 0.657. The summed E-state index contributed by atoms with van der Waals surface area (Å²) in [6, 6.07) is 16.7. The van der Waals surface area contributed by atoms with Crippen molar-refractivity contribution in [3.63, 3.8) is 0 Å². The molecule has 0 spiro atoms. The van der Waals surface area contributed by atoms with E-state index in [1.54, 1.807) is 24.3 Å². The van der Waals surface area contributed by atoms with E-state index in [0.717, 1.165) is 0 Å². The van der Waals surface area contributed by atoms with Gasteiger partial charge in [0.25, 0.3) is 0 Å². The normalized spacial score (nSPS) is 12.2. The number of hydrogen-bond donors (Lipinski definition) is 1. The minimum absolute atomic E-state index is 0.197. The molecule has 9 nitrogen and oxygen atoms in total. The smallest absolute Gasteiger partial charge is 0.249 e. The Morgan fingerprint density at radius 1 is 1.03 bits per heavy atom. The van der Waals surface area contributed by atoms with Crippen molar-refractivity contribution >= 4 is 28.5 Å². The Kier molecular flexibility index (Phi) is 8.13. The zero-order chi connectivity index (χ0) is 28.2. The van der Waals surface area contributed by atoms with Gasteiger partial charge in [0.15, 0.2) is 11.5 Å². The van der Waals surface area contributed by atoms with Crippen LogP contribution in [0.1, 0.15) is 38.8 Å². The van der Waals surface area contributed by atoms with Gasteiger partial charge >= 0.3 is 0 Å². The van der Waals surface area contributed by atoms with Crippen molar-refractivity contribution < 1.29 is 23.5 Å². The number of carbonyl (C=O) groups excluding carboxylic acids is 2. The number of amides is 2. The molecule has 39 heavy (non-hydrogen) atoms. The lowest BCUT2D eigenvalue weighted by atomic mass is 9.98. The standard InChI is InChI=1S/C29H32FN5O4/c1-6-29(2,3)31-28(37)27(19-11-13-20(30)14-12-19)35(21-15-16-24(38-4)25(17-21)39-5)26(36)18-34-23-10-8-7-9-22(23)32-33-34/h7-17,27H,6,18H2,1-5H3,(H,31,37)/t27-/m1/s1. The monoisotopic (exact) mass is 533 g/mol. The number of rotatable bonds is 10. The van der Waals surface area contributed by atoms with E-state index in [4.69, 9.17) is 9.47 Å². The first-order valence-electron chi connectivity index (χ1n) is 12.6. The second-order valence-electron chi connectivity index (χ2n) is 9.72. The van der Waals surface area contributed by atoms with E-state index in [1.165, 1.54) is 48.1 Å². The number of para-hydroxylation sites is 1. The Balaban J connectivity index is 1.86. The number of aromatic nitrogens is 3. The molecule has 0 unspecified atom stereocenters. The molecule has 0 bridgehead atoms. The summed E-state index contributed by atoms with van der Waals surface area (Å²) in [5.41, 5.74) is 1.59. The molecule has 1 atom stereocenters. The predicted molar refractivity (Wildman–Crippen MR) is 146 cm³/mol. The summed E-state index contributed by atoms with van der Waals surface area (Å²) in [5, 5.41) is 11.4. The van der Waals surface area contributed by atoms with Crippen LogP contribution in [0.3, 0.4) is 0 Å². The van der Waals surface area contributed by atoms with Crippen molar-refractivity contribution in [1.29, 1.82) is 0 Å². The molecule has 1 aromatic heterocycles. The predicted octanol–water partition coefficient (Wildman–Crippen LogP) is 4.67. The third kappa shape index (κ3) is 6.00. The van der Waals surface area contributed by atoms with E-state index in [1.807, 2.05) is 39.0 Å². The van der Waals surface area contributed by atoms with E-state index in [9.17, 15) is 14.0 Å². The van der Waals surface area contributed by atoms with Crippen LogP contribution < -0.4 is 19.7 Å². The number of fused-ring (bicyclic) bond motifs is 1. The van der Waals surface area contributed by atoms with E-state index in [2.05, 4.69) is 15.6 Å². The molecule has 10 heteroatoms. The van der Waals surface area contributed by atoms with Crippen LogP contribution in [-0.4, -0.2) is 46.6 Å². The molecule has 0 saturated carbocycles. The van der Waals surface area contributed by atoms with E-state index in [-0.39, 0.29) is 6.54 Å². The highest BCUT2D eigenvalue weighted by Gasteiger charge is 2.36. The van der Waals surface area contributed by atoms with Gasteiger partial charge in [-0.2, -0.15) is 0 Å². The van der Waals surface area contributed by atoms with Crippen molar-refractivity contribution in [3.8, 4) is 11.5 Å². The molecule has 4 rings (SSSR count). The molecule has 0 aliphatic rings. The first-order valence-corrected chi connectivity index (χ1v) is 12.6. The quantitative estimate of drug-likeness (QED) is 0.318. The highest BCUT2D eigenvalue weighted by Crippen LogP contribution is 2.36. The third-order valence-corrected chi connectivity index (χ3v) is 6.66. The minimum atomic E-state index is -1.13. The number of carbonyl (C=O) groups is 2. The van der Waals surface area contributed by atoms with E-state index >= 15 is 0 Å². The lowest BCUT2D eigenvalue weighted by molar-refractivity contribution is -0.128. The lowest BCUT2D eigenvalue weighted by Gasteiger charge is -2.35.